The van der Waals surface area contributed by atoms with Crippen LogP contribution >= 0.6 is 23.1 Å². The number of aromatic nitrogens is 1. The molecule has 0 saturated heterocycles. The molecule has 8 heteroatoms. The van der Waals surface area contributed by atoms with E-state index in [1.54, 1.807) is 6.07 Å². The lowest BCUT2D eigenvalue weighted by atomic mass is 10.2. The van der Waals surface area contributed by atoms with E-state index < -0.39 is 15.6 Å². The van der Waals surface area contributed by atoms with Gasteiger partial charge in [0, 0.05) is 6.07 Å². The predicted molar refractivity (Wildman–Crippen MR) is 78.6 cm³/mol. The molecule has 1 N–H and O–H groups in total. The number of benzene rings is 1. The molecule has 20 heavy (non-hydrogen) atoms. The highest BCUT2D eigenvalue weighted by Gasteiger charge is 2.32. The number of thioether (sulfide) groups is 1. The lowest BCUT2D eigenvalue weighted by molar-refractivity contribution is -0.387. The Hall–Kier alpha value is -1.67. The van der Waals surface area contributed by atoms with Crippen molar-refractivity contribution in [1.82, 2.24) is 4.98 Å². The van der Waals surface area contributed by atoms with E-state index in [1.807, 2.05) is 6.92 Å². The van der Waals surface area contributed by atoms with Crippen LogP contribution < -0.4 is 0 Å². The van der Waals surface area contributed by atoms with Gasteiger partial charge in [-0.05, 0) is 26.8 Å². The molecular formula is C12H12N2O4S2. The molecule has 0 spiro atoms. The van der Waals surface area contributed by atoms with Gasteiger partial charge in [-0.1, -0.05) is 0 Å². The molecule has 0 fully saturated rings. The Morgan fingerprint density at radius 2 is 2.15 bits per heavy atom. The topological polar surface area (TPSA) is 93.3 Å². The number of hydrogen-bond acceptors (Lipinski definition) is 6. The molecule has 0 radical (unpaired) electrons. The van der Waals surface area contributed by atoms with Crippen molar-refractivity contribution in [1.29, 1.82) is 0 Å². The minimum atomic E-state index is -1.15. The number of nitro benzene ring substituents is 1. The second kappa shape index (κ2) is 5.02. The number of nitro groups is 1. The Bertz CT molecular complexity index is 709. The molecule has 1 aromatic carbocycles. The molecule has 0 saturated carbocycles. The molecule has 0 unspecified atom stereocenters. The molecule has 1 heterocycles. The summed E-state index contributed by atoms with van der Waals surface area (Å²) in [4.78, 5) is 26.4. The fraction of sp³-hybridized carbons (Fsp3) is 0.333. The largest absolute Gasteiger partial charge is 0.480 e. The molecule has 0 aliphatic carbocycles. The van der Waals surface area contributed by atoms with Crippen LogP contribution in [0.3, 0.4) is 0 Å². The van der Waals surface area contributed by atoms with E-state index >= 15 is 0 Å². The van der Waals surface area contributed by atoms with Gasteiger partial charge in [0.25, 0.3) is 5.69 Å². The van der Waals surface area contributed by atoms with Gasteiger partial charge in [-0.25, -0.2) is 4.98 Å². The van der Waals surface area contributed by atoms with Crippen LogP contribution in [0.1, 0.15) is 18.9 Å². The van der Waals surface area contributed by atoms with Crippen LogP contribution in [0, 0.1) is 17.0 Å². The summed E-state index contributed by atoms with van der Waals surface area (Å²) in [6.07, 6.45) is 0. The van der Waals surface area contributed by atoms with Gasteiger partial charge in [0.2, 0.25) is 0 Å². The van der Waals surface area contributed by atoms with Crippen LogP contribution in [0.4, 0.5) is 5.69 Å². The Balaban J connectivity index is 2.57. The summed E-state index contributed by atoms with van der Waals surface area (Å²) >= 11 is 2.33. The Labute approximate surface area is 123 Å². The number of carboxylic acid groups (broad SMARTS) is 1. The minimum absolute atomic E-state index is 0.0829. The summed E-state index contributed by atoms with van der Waals surface area (Å²) in [5.41, 5.74) is 0.572. The third kappa shape index (κ3) is 2.75. The van der Waals surface area contributed by atoms with E-state index in [2.05, 4.69) is 4.98 Å². The summed E-state index contributed by atoms with van der Waals surface area (Å²) in [6, 6.07) is 3.05. The summed E-state index contributed by atoms with van der Waals surface area (Å²) < 4.78 is -0.421. The van der Waals surface area contributed by atoms with Crippen LogP contribution in [0.2, 0.25) is 0 Å². The number of aryl methyl sites for hydroxylation is 1. The van der Waals surface area contributed by atoms with Crippen LogP contribution in [0.15, 0.2) is 17.0 Å². The predicted octanol–water partition coefficient (Wildman–Crippen LogP) is 3.47. The first-order chi connectivity index (χ1) is 9.20. The molecule has 0 aliphatic rings. The van der Waals surface area contributed by atoms with Gasteiger partial charge in [0.1, 0.15) is 4.75 Å². The molecular weight excluding hydrogens is 300 g/mol. The van der Waals surface area contributed by atoms with Gasteiger partial charge in [0.05, 0.1) is 25.0 Å². The first-order valence-electron chi connectivity index (χ1n) is 5.68. The van der Waals surface area contributed by atoms with Crippen molar-refractivity contribution in [2.24, 2.45) is 0 Å². The first-order valence-corrected chi connectivity index (χ1v) is 7.32. The summed E-state index contributed by atoms with van der Waals surface area (Å²) in [7, 11) is 0. The zero-order valence-electron chi connectivity index (χ0n) is 11.0. The Kier molecular flexibility index (Phi) is 3.70. The average molecular weight is 312 g/mol. The number of nitrogens with zero attached hydrogens (tertiary/aromatic N) is 2. The van der Waals surface area contributed by atoms with Crippen LogP contribution in [-0.4, -0.2) is 25.7 Å². The molecule has 0 aliphatic heterocycles. The van der Waals surface area contributed by atoms with E-state index in [-0.39, 0.29) is 5.69 Å². The second-order valence-corrected chi connectivity index (χ2v) is 7.59. The first kappa shape index (κ1) is 14.7. The summed E-state index contributed by atoms with van der Waals surface area (Å²) in [6.45, 7) is 4.85. The van der Waals surface area contributed by atoms with Crippen LogP contribution in [-0.2, 0) is 4.79 Å². The number of hydrogen-bond donors (Lipinski definition) is 1. The van der Waals surface area contributed by atoms with Crippen molar-refractivity contribution in [2.75, 3.05) is 0 Å². The normalized spacial score (nSPS) is 11.8. The van der Waals surface area contributed by atoms with Crippen LogP contribution in [0.25, 0.3) is 10.2 Å². The maximum absolute atomic E-state index is 11.2. The van der Waals surface area contributed by atoms with Gasteiger partial charge in [-0.3, -0.25) is 14.9 Å². The quantitative estimate of drug-likeness (QED) is 0.528. The molecule has 0 amide bonds. The second-order valence-electron chi connectivity index (χ2n) is 4.70. The molecule has 0 atom stereocenters. The molecule has 6 nitrogen and oxygen atoms in total. The van der Waals surface area contributed by atoms with Crippen molar-refractivity contribution in [3.05, 3.63) is 27.3 Å². The standard InChI is InChI=1S/C12H12N2O4S2/c1-6-13-7-4-10(20-12(2,3)11(15)16)8(14(17)18)5-9(7)19-6/h4-5H,1-3H3,(H,15,16). The highest BCUT2D eigenvalue weighted by Crippen LogP contribution is 2.41. The van der Waals surface area contributed by atoms with Gasteiger partial charge in [-0.2, -0.15) is 0 Å². The van der Waals surface area contributed by atoms with E-state index in [0.717, 1.165) is 21.5 Å². The number of aliphatic carboxylic acids is 1. The number of carboxylic acids is 1. The lowest BCUT2D eigenvalue weighted by Gasteiger charge is -2.18. The Morgan fingerprint density at radius 1 is 1.50 bits per heavy atom. The molecule has 1 aromatic heterocycles. The number of fused-ring (bicyclic) bond motifs is 1. The van der Waals surface area contributed by atoms with E-state index in [1.165, 1.54) is 31.3 Å². The molecule has 0 bridgehead atoms. The van der Waals surface area contributed by atoms with Gasteiger partial charge < -0.3 is 5.11 Å². The fourth-order valence-electron chi connectivity index (χ4n) is 1.60. The molecule has 106 valence electrons. The fourth-order valence-corrected chi connectivity index (χ4v) is 3.49. The van der Waals surface area contributed by atoms with E-state index in [4.69, 9.17) is 5.11 Å². The molecule has 2 rings (SSSR count). The zero-order valence-corrected chi connectivity index (χ0v) is 12.7. The third-order valence-electron chi connectivity index (χ3n) is 2.65. The monoisotopic (exact) mass is 312 g/mol. The Morgan fingerprint density at radius 3 is 2.70 bits per heavy atom. The number of thiazole rings is 1. The van der Waals surface area contributed by atoms with Gasteiger partial charge in [0.15, 0.2) is 0 Å². The summed E-state index contributed by atoms with van der Waals surface area (Å²) in [5, 5.41) is 21.1. The smallest absolute Gasteiger partial charge is 0.319 e. The van der Waals surface area contributed by atoms with Gasteiger partial charge in [-0.15, -0.1) is 23.1 Å². The average Bonchev–Trinajstić information content (AvgIpc) is 2.66. The zero-order chi connectivity index (χ0) is 15.1. The van der Waals surface area contributed by atoms with E-state index in [0.29, 0.717) is 10.4 Å². The molecule has 2 aromatic rings. The third-order valence-corrected chi connectivity index (χ3v) is 4.82. The van der Waals surface area contributed by atoms with Crippen molar-refractivity contribution in [3.8, 4) is 0 Å². The highest BCUT2D eigenvalue weighted by molar-refractivity contribution is 8.01. The van der Waals surface area contributed by atoms with Crippen molar-refractivity contribution in [2.45, 2.75) is 30.4 Å². The van der Waals surface area contributed by atoms with Gasteiger partial charge >= 0.3 is 5.97 Å². The van der Waals surface area contributed by atoms with Crippen molar-refractivity contribution >= 4 is 45.0 Å². The summed E-state index contributed by atoms with van der Waals surface area (Å²) in [5.74, 6) is -1.02. The van der Waals surface area contributed by atoms with Crippen LogP contribution in [0.5, 0.6) is 0 Å². The number of rotatable bonds is 4. The van der Waals surface area contributed by atoms with E-state index in [9.17, 15) is 14.9 Å². The number of carbonyl (C=O) groups is 1. The van der Waals surface area contributed by atoms with Crippen molar-refractivity contribution in [3.63, 3.8) is 0 Å². The maximum Gasteiger partial charge on any atom is 0.319 e. The SMILES string of the molecule is Cc1nc2cc(SC(C)(C)C(=O)O)c([N+](=O)[O-])cc2s1. The van der Waals surface area contributed by atoms with Crippen molar-refractivity contribution < 1.29 is 14.8 Å². The minimum Gasteiger partial charge on any atom is -0.480 e. The maximum atomic E-state index is 11.2. The lowest BCUT2D eigenvalue weighted by Crippen LogP contribution is -2.27. The highest BCUT2D eigenvalue weighted by atomic mass is 32.2.